The van der Waals surface area contributed by atoms with Gasteiger partial charge in [0, 0.05) is 25.6 Å². The van der Waals surface area contributed by atoms with Crippen molar-refractivity contribution in [3.63, 3.8) is 0 Å². The highest BCUT2D eigenvalue weighted by Gasteiger charge is 2.29. The van der Waals surface area contributed by atoms with E-state index in [-0.39, 0.29) is 23.8 Å². The lowest BCUT2D eigenvalue weighted by Gasteiger charge is -2.34. The van der Waals surface area contributed by atoms with Gasteiger partial charge in [0.1, 0.15) is 5.75 Å². The van der Waals surface area contributed by atoms with Gasteiger partial charge >= 0.3 is 0 Å². The first-order chi connectivity index (χ1) is 11.4. The number of nitrogens with zero attached hydrogens (tertiary/aromatic N) is 2. The number of carbonyl (C=O) groups is 2. The van der Waals surface area contributed by atoms with Crippen LogP contribution in [0.4, 0.5) is 0 Å². The minimum absolute atomic E-state index is 0.0983. The Morgan fingerprint density at radius 3 is 2.62 bits per heavy atom. The second-order valence-corrected chi connectivity index (χ2v) is 6.44. The normalized spacial score (nSPS) is 16.9. The first-order valence-corrected chi connectivity index (χ1v) is 8.33. The number of benzene rings is 1. The number of ether oxygens (including phenoxy) is 1. The quantitative estimate of drug-likeness (QED) is 0.850. The number of hydrogen-bond donors (Lipinski definition) is 1. The Morgan fingerprint density at radius 2 is 2.04 bits per heavy atom. The summed E-state index contributed by atoms with van der Waals surface area (Å²) in [5.41, 5.74) is 6.45. The molecule has 1 saturated heterocycles. The number of carbonyl (C=O) groups excluding carboxylic acids is 2. The molecule has 1 aromatic rings. The van der Waals surface area contributed by atoms with E-state index in [4.69, 9.17) is 10.5 Å². The molecule has 2 amide bonds. The van der Waals surface area contributed by atoms with Crippen molar-refractivity contribution in [2.24, 2.45) is 11.7 Å². The molecule has 0 saturated carbocycles. The Hall–Kier alpha value is -2.08. The van der Waals surface area contributed by atoms with Crippen LogP contribution in [-0.4, -0.2) is 54.9 Å². The van der Waals surface area contributed by atoms with Gasteiger partial charge in [0.2, 0.25) is 11.8 Å². The van der Waals surface area contributed by atoms with Crippen molar-refractivity contribution in [3.8, 4) is 5.75 Å². The molecule has 1 aromatic carbocycles. The highest BCUT2D eigenvalue weighted by Crippen LogP contribution is 2.19. The van der Waals surface area contributed by atoms with Gasteiger partial charge in [-0.15, -0.1) is 0 Å². The molecule has 6 nitrogen and oxygen atoms in total. The molecule has 1 aliphatic rings. The SMILES string of the molecule is COc1cccc(CN(C)C(C)C(=O)N2CCC(C(N)=O)CC2)c1. The van der Waals surface area contributed by atoms with Crippen LogP contribution in [0.5, 0.6) is 5.75 Å². The number of likely N-dealkylation sites (N-methyl/N-ethyl adjacent to an activating group) is 1. The van der Waals surface area contributed by atoms with Crippen LogP contribution in [-0.2, 0) is 16.1 Å². The summed E-state index contributed by atoms with van der Waals surface area (Å²) in [7, 11) is 3.59. The zero-order valence-corrected chi connectivity index (χ0v) is 14.7. The Balaban J connectivity index is 1.91. The number of hydrogen-bond acceptors (Lipinski definition) is 4. The fraction of sp³-hybridized carbons (Fsp3) is 0.556. The van der Waals surface area contributed by atoms with Crippen molar-refractivity contribution in [2.45, 2.75) is 32.4 Å². The van der Waals surface area contributed by atoms with Crippen molar-refractivity contribution in [1.29, 1.82) is 0 Å². The zero-order chi connectivity index (χ0) is 17.7. The fourth-order valence-electron chi connectivity index (χ4n) is 3.03. The van der Waals surface area contributed by atoms with Gasteiger partial charge in [-0.2, -0.15) is 0 Å². The van der Waals surface area contributed by atoms with Crippen LogP contribution >= 0.6 is 0 Å². The average Bonchev–Trinajstić information content (AvgIpc) is 2.60. The maximum absolute atomic E-state index is 12.7. The third-order valence-corrected chi connectivity index (χ3v) is 4.79. The summed E-state index contributed by atoms with van der Waals surface area (Å²) in [5.74, 6) is 0.556. The van der Waals surface area contributed by atoms with E-state index in [1.54, 1.807) is 7.11 Å². The zero-order valence-electron chi connectivity index (χ0n) is 14.7. The minimum atomic E-state index is -0.259. The van der Waals surface area contributed by atoms with E-state index < -0.39 is 0 Å². The average molecular weight is 333 g/mol. The number of likely N-dealkylation sites (tertiary alicyclic amines) is 1. The largest absolute Gasteiger partial charge is 0.497 e. The lowest BCUT2D eigenvalue weighted by molar-refractivity contribution is -0.139. The van der Waals surface area contributed by atoms with E-state index in [1.807, 2.05) is 48.0 Å². The van der Waals surface area contributed by atoms with Crippen LogP contribution in [0.3, 0.4) is 0 Å². The van der Waals surface area contributed by atoms with Crippen LogP contribution in [0.1, 0.15) is 25.3 Å². The second-order valence-electron chi connectivity index (χ2n) is 6.44. The van der Waals surface area contributed by atoms with Gasteiger partial charge in [0.15, 0.2) is 0 Å². The molecule has 1 unspecified atom stereocenters. The third kappa shape index (κ3) is 4.47. The molecule has 132 valence electrons. The summed E-state index contributed by atoms with van der Waals surface area (Å²) >= 11 is 0. The van der Waals surface area contributed by atoms with E-state index in [0.29, 0.717) is 32.5 Å². The molecule has 0 spiro atoms. The molecule has 6 heteroatoms. The first-order valence-electron chi connectivity index (χ1n) is 8.33. The minimum Gasteiger partial charge on any atom is -0.497 e. The number of nitrogens with two attached hydrogens (primary N) is 1. The summed E-state index contributed by atoms with van der Waals surface area (Å²) in [5, 5.41) is 0. The Labute approximate surface area is 143 Å². The van der Waals surface area contributed by atoms with Crippen molar-refractivity contribution in [1.82, 2.24) is 9.80 Å². The van der Waals surface area contributed by atoms with E-state index in [2.05, 4.69) is 0 Å². The summed E-state index contributed by atoms with van der Waals surface area (Å²) in [4.78, 5) is 27.8. The van der Waals surface area contributed by atoms with E-state index >= 15 is 0 Å². The number of rotatable bonds is 6. The number of amides is 2. The molecule has 1 atom stereocenters. The number of primary amides is 1. The molecule has 1 heterocycles. The smallest absolute Gasteiger partial charge is 0.239 e. The van der Waals surface area contributed by atoms with Crippen molar-refractivity contribution in [3.05, 3.63) is 29.8 Å². The summed E-state index contributed by atoms with van der Waals surface area (Å²) in [6.07, 6.45) is 1.32. The molecule has 24 heavy (non-hydrogen) atoms. The van der Waals surface area contributed by atoms with E-state index in [9.17, 15) is 9.59 Å². The number of methoxy groups -OCH3 is 1. The van der Waals surface area contributed by atoms with Gasteiger partial charge in [-0.05, 0) is 44.5 Å². The predicted molar refractivity (Wildman–Crippen MR) is 92.4 cm³/mol. The van der Waals surface area contributed by atoms with Crippen molar-refractivity contribution < 1.29 is 14.3 Å². The lowest BCUT2D eigenvalue weighted by atomic mass is 9.96. The fourth-order valence-corrected chi connectivity index (χ4v) is 3.03. The molecule has 0 aromatic heterocycles. The summed E-state index contributed by atoms with van der Waals surface area (Å²) in [6.45, 7) is 3.79. The van der Waals surface area contributed by atoms with Crippen molar-refractivity contribution >= 4 is 11.8 Å². The van der Waals surface area contributed by atoms with Gasteiger partial charge in [-0.1, -0.05) is 12.1 Å². The van der Waals surface area contributed by atoms with Gasteiger partial charge < -0.3 is 15.4 Å². The monoisotopic (exact) mass is 333 g/mol. The highest BCUT2D eigenvalue weighted by atomic mass is 16.5. The molecule has 0 aliphatic carbocycles. The maximum atomic E-state index is 12.7. The summed E-state index contributed by atoms with van der Waals surface area (Å²) in [6, 6.07) is 7.63. The molecule has 2 N–H and O–H groups in total. The first kappa shape index (κ1) is 18.3. The van der Waals surface area contributed by atoms with Crippen LogP contribution in [0.25, 0.3) is 0 Å². The molecule has 0 radical (unpaired) electrons. The standard InChI is InChI=1S/C18H27N3O3/c1-13(18(23)21-9-7-15(8-10-21)17(19)22)20(2)12-14-5-4-6-16(11-14)24-3/h4-6,11,13,15H,7-10,12H2,1-3H3,(H2,19,22). The summed E-state index contributed by atoms with van der Waals surface area (Å²) < 4.78 is 5.24. The Kier molecular flexibility index (Phi) is 6.20. The second kappa shape index (κ2) is 8.15. The lowest BCUT2D eigenvalue weighted by Crippen LogP contribution is -2.49. The maximum Gasteiger partial charge on any atom is 0.239 e. The molecule has 1 fully saturated rings. The van der Waals surface area contributed by atoms with Crippen molar-refractivity contribution in [2.75, 3.05) is 27.2 Å². The van der Waals surface area contributed by atoms with Crippen LogP contribution in [0.15, 0.2) is 24.3 Å². The predicted octanol–water partition coefficient (Wildman–Crippen LogP) is 1.24. The van der Waals surface area contributed by atoms with Gasteiger partial charge in [0.05, 0.1) is 13.2 Å². The molecular formula is C18H27N3O3. The van der Waals surface area contributed by atoms with E-state index in [0.717, 1.165) is 11.3 Å². The van der Waals surface area contributed by atoms with Gasteiger partial charge in [-0.3, -0.25) is 14.5 Å². The molecule has 1 aliphatic heterocycles. The van der Waals surface area contributed by atoms with Gasteiger partial charge in [0.25, 0.3) is 0 Å². The van der Waals surface area contributed by atoms with Crippen LogP contribution in [0.2, 0.25) is 0 Å². The van der Waals surface area contributed by atoms with Gasteiger partial charge in [-0.25, -0.2) is 0 Å². The topological polar surface area (TPSA) is 75.9 Å². The Bertz CT molecular complexity index is 583. The highest BCUT2D eigenvalue weighted by molar-refractivity contribution is 5.82. The van der Waals surface area contributed by atoms with E-state index in [1.165, 1.54) is 0 Å². The molecule has 0 bridgehead atoms. The van der Waals surface area contributed by atoms with Crippen LogP contribution < -0.4 is 10.5 Å². The Morgan fingerprint density at radius 1 is 1.38 bits per heavy atom. The third-order valence-electron chi connectivity index (χ3n) is 4.79. The van der Waals surface area contributed by atoms with Crippen LogP contribution in [0, 0.1) is 5.92 Å². The molecule has 2 rings (SSSR count). The molecular weight excluding hydrogens is 306 g/mol. The number of piperidine rings is 1.